The van der Waals surface area contributed by atoms with Crippen molar-refractivity contribution in [1.29, 1.82) is 0 Å². The average Bonchev–Trinajstić information content (AvgIpc) is 2.91. The highest BCUT2D eigenvalue weighted by Crippen LogP contribution is 2.39. The fraction of sp³-hybridized carbons (Fsp3) is 0.435. The largest absolute Gasteiger partial charge is 0.481 e. The Labute approximate surface area is 177 Å². The number of benzene rings is 1. The summed E-state index contributed by atoms with van der Waals surface area (Å²) in [4.78, 5) is 11.3. The number of aliphatic carboxylic acids is 1. The molecule has 0 fully saturated rings. The van der Waals surface area contributed by atoms with Gasteiger partial charge in [-0.1, -0.05) is 30.7 Å². The number of para-hydroxylation sites is 2. The molecule has 0 saturated heterocycles. The molecule has 1 heterocycles. The van der Waals surface area contributed by atoms with Gasteiger partial charge in [-0.3, -0.25) is 4.79 Å². The molecule has 3 rings (SSSR count). The van der Waals surface area contributed by atoms with E-state index in [1.807, 2.05) is 31.2 Å². The molecule has 3 N–H and O–H groups in total. The van der Waals surface area contributed by atoms with Crippen LogP contribution in [0.4, 0.5) is 11.4 Å². The summed E-state index contributed by atoms with van der Waals surface area (Å²) in [6.45, 7) is 7.35. The van der Waals surface area contributed by atoms with Gasteiger partial charge in [0.25, 0.3) is 0 Å². The molecule has 1 aromatic heterocycles. The lowest BCUT2D eigenvalue weighted by molar-refractivity contribution is -0.141. The van der Waals surface area contributed by atoms with Gasteiger partial charge in [0.15, 0.2) is 0 Å². The summed E-state index contributed by atoms with van der Waals surface area (Å²) in [6.07, 6.45) is 3.51. The number of nitrogens with one attached hydrogen (secondary N) is 2. The van der Waals surface area contributed by atoms with Gasteiger partial charge in [0, 0.05) is 48.0 Å². The summed E-state index contributed by atoms with van der Waals surface area (Å²) in [5, 5.41) is 17.0. The van der Waals surface area contributed by atoms with Crippen LogP contribution in [-0.4, -0.2) is 28.7 Å². The molecule has 0 saturated carbocycles. The summed E-state index contributed by atoms with van der Waals surface area (Å²) >= 11 is 6.47. The quantitative estimate of drug-likeness (QED) is 0.544. The minimum Gasteiger partial charge on any atom is -0.481 e. The second-order valence-corrected chi connectivity index (χ2v) is 8.30. The topological polar surface area (TPSA) is 66.3 Å². The zero-order valence-corrected chi connectivity index (χ0v) is 18.3. The lowest BCUT2D eigenvalue weighted by Gasteiger charge is -2.25. The molecular weight excluding hydrogens is 386 g/mol. The van der Waals surface area contributed by atoms with E-state index in [0.29, 0.717) is 13.0 Å². The van der Waals surface area contributed by atoms with E-state index in [0.717, 1.165) is 29.4 Å². The van der Waals surface area contributed by atoms with E-state index in [1.165, 1.54) is 22.5 Å². The van der Waals surface area contributed by atoms with Crippen molar-refractivity contribution < 1.29 is 9.90 Å². The SMILES string of the molecule is CCC(CNc1ccccc1NCC1CC(Cl)=Cc2c(C)c(C)n(C)c21)C(=O)O. The number of carboxylic acid groups (broad SMARTS) is 1. The maximum atomic E-state index is 11.3. The Balaban J connectivity index is 1.76. The van der Waals surface area contributed by atoms with E-state index < -0.39 is 11.9 Å². The first-order valence-electron chi connectivity index (χ1n) is 10.1. The molecule has 6 heteroatoms. The maximum Gasteiger partial charge on any atom is 0.308 e. The molecule has 1 aromatic carbocycles. The van der Waals surface area contributed by atoms with E-state index in [1.54, 1.807) is 0 Å². The lowest BCUT2D eigenvalue weighted by atomic mass is 9.91. The smallest absolute Gasteiger partial charge is 0.308 e. The van der Waals surface area contributed by atoms with Crippen LogP contribution in [0, 0.1) is 19.8 Å². The number of hydrogen-bond acceptors (Lipinski definition) is 3. The molecule has 0 radical (unpaired) electrons. The average molecular weight is 416 g/mol. The van der Waals surface area contributed by atoms with Crippen LogP contribution < -0.4 is 10.6 Å². The zero-order chi connectivity index (χ0) is 21.1. The van der Waals surface area contributed by atoms with Crippen molar-refractivity contribution in [2.24, 2.45) is 13.0 Å². The first-order chi connectivity index (χ1) is 13.8. The molecule has 2 unspecified atom stereocenters. The minimum atomic E-state index is -0.768. The highest BCUT2D eigenvalue weighted by atomic mass is 35.5. The van der Waals surface area contributed by atoms with Crippen LogP contribution in [0.2, 0.25) is 0 Å². The third-order valence-electron chi connectivity index (χ3n) is 6.06. The van der Waals surface area contributed by atoms with Gasteiger partial charge in [-0.15, -0.1) is 0 Å². The molecule has 1 aliphatic carbocycles. The van der Waals surface area contributed by atoms with E-state index in [4.69, 9.17) is 11.6 Å². The van der Waals surface area contributed by atoms with Crippen molar-refractivity contribution in [3.63, 3.8) is 0 Å². The normalized spacial score (nSPS) is 16.7. The van der Waals surface area contributed by atoms with Crippen molar-refractivity contribution in [1.82, 2.24) is 4.57 Å². The monoisotopic (exact) mass is 415 g/mol. The number of rotatable bonds is 8. The number of carboxylic acids is 1. The summed E-state index contributed by atoms with van der Waals surface area (Å²) in [5.74, 6) is -0.895. The van der Waals surface area contributed by atoms with Crippen molar-refractivity contribution in [2.45, 2.75) is 39.5 Å². The van der Waals surface area contributed by atoms with Crippen molar-refractivity contribution in [3.05, 3.63) is 51.8 Å². The summed E-state index contributed by atoms with van der Waals surface area (Å²) < 4.78 is 2.28. The molecule has 2 aromatic rings. The van der Waals surface area contributed by atoms with E-state index >= 15 is 0 Å². The molecule has 0 spiro atoms. The van der Waals surface area contributed by atoms with Crippen LogP contribution in [-0.2, 0) is 11.8 Å². The van der Waals surface area contributed by atoms with Crippen molar-refractivity contribution in [3.8, 4) is 0 Å². The van der Waals surface area contributed by atoms with E-state index in [-0.39, 0.29) is 5.92 Å². The van der Waals surface area contributed by atoms with Crippen molar-refractivity contribution >= 4 is 35.0 Å². The molecule has 0 amide bonds. The Kier molecular flexibility index (Phi) is 6.58. The Morgan fingerprint density at radius 1 is 1.28 bits per heavy atom. The Morgan fingerprint density at radius 2 is 1.93 bits per heavy atom. The number of nitrogens with zero attached hydrogens (tertiary/aromatic N) is 1. The molecule has 1 aliphatic rings. The van der Waals surface area contributed by atoms with Crippen molar-refractivity contribution in [2.75, 3.05) is 23.7 Å². The molecule has 2 atom stereocenters. The van der Waals surface area contributed by atoms with Crippen LogP contribution in [0.1, 0.15) is 48.2 Å². The molecule has 0 aliphatic heterocycles. The lowest BCUT2D eigenvalue weighted by Crippen LogP contribution is -2.23. The maximum absolute atomic E-state index is 11.3. The van der Waals surface area contributed by atoms with E-state index in [2.05, 4.69) is 42.2 Å². The summed E-state index contributed by atoms with van der Waals surface area (Å²) in [7, 11) is 2.12. The Bertz CT molecular complexity index is 932. The predicted molar refractivity (Wildman–Crippen MR) is 121 cm³/mol. The third-order valence-corrected chi connectivity index (χ3v) is 6.33. The van der Waals surface area contributed by atoms with Gasteiger partial charge in [0.2, 0.25) is 0 Å². The molecule has 156 valence electrons. The number of fused-ring (bicyclic) bond motifs is 1. The predicted octanol–water partition coefficient (Wildman–Crippen LogP) is 5.34. The Hall–Kier alpha value is -2.40. The number of anilines is 2. The van der Waals surface area contributed by atoms with Gasteiger partial charge < -0.3 is 20.3 Å². The van der Waals surface area contributed by atoms with Gasteiger partial charge in [-0.25, -0.2) is 0 Å². The standard InChI is InChI=1S/C23H30ClN3O2/c1-5-16(23(28)29)12-25-20-8-6-7-9-21(20)26-13-17-10-18(24)11-19-14(2)15(3)27(4)22(17)19/h6-9,11,16-17,25-26H,5,10,12-13H2,1-4H3,(H,28,29). The minimum absolute atomic E-state index is 0.273. The Morgan fingerprint density at radius 3 is 2.55 bits per heavy atom. The van der Waals surface area contributed by atoms with Gasteiger partial charge in [0.1, 0.15) is 0 Å². The first kappa shape index (κ1) is 21.3. The highest BCUT2D eigenvalue weighted by Gasteiger charge is 2.27. The van der Waals surface area contributed by atoms with E-state index in [9.17, 15) is 9.90 Å². The summed E-state index contributed by atoms with van der Waals surface area (Å²) in [6, 6.07) is 7.94. The third kappa shape index (κ3) is 4.45. The number of aromatic nitrogens is 1. The molecule has 29 heavy (non-hydrogen) atoms. The van der Waals surface area contributed by atoms with Gasteiger partial charge in [0.05, 0.1) is 17.3 Å². The number of carbonyl (C=O) groups is 1. The number of allylic oxidation sites excluding steroid dienone is 1. The first-order valence-corrected chi connectivity index (χ1v) is 10.5. The molecular formula is C23H30ClN3O2. The van der Waals surface area contributed by atoms with Gasteiger partial charge >= 0.3 is 5.97 Å². The second kappa shape index (κ2) is 8.95. The van der Waals surface area contributed by atoms with Gasteiger partial charge in [-0.05, 0) is 50.5 Å². The van der Waals surface area contributed by atoms with Crippen LogP contribution in [0.3, 0.4) is 0 Å². The highest BCUT2D eigenvalue weighted by molar-refractivity contribution is 6.31. The zero-order valence-electron chi connectivity index (χ0n) is 17.6. The molecule has 5 nitrogen and oxygen atoms in total. The van der Waals surface area contributed by atoms with Crippen LogP contribution in [0.5, 0.6) is 0 Å². The summed E-state index contributed by atoms with van der Waals surface area (Å²) in [5.41, 5.74) is 7.01. The fourth-order valence-corrected chi connectivity index (χ4v) is 4.35. The molecule has 0 bridgehead atoms. The van der Waals surface area contributed by atoms with Crippen LogP contribution in [0.25, 0.3) is 6.08 Å². The van der Waals surface area contributed by atoms with Gasteiger partial charge in [-0.2, -0.15) is 0 Å². The second-order valence-electron chi connectivity index (χ2n) is 7.81. The number of hydrogen-bond donors (Lipinski definition) is 3. The number of halogens is 1. The van der Waals surface area contributed by atoms with Crippen LogP contribution in [0.15, 0.2) is 29.3 Å². The fourth-order valence-electron chi connectivity index (χ4n) is 4.06. The van der Waals surface area contributed by atoms with Crippen LogP contribution >= 0.6 is 11.6 Å².